The van der Waals surface area contributed by atoms with E-state index in [2.05, 4.69) is 42.6 Å². The van der Waals surface area contributed by atoms with Crippen molar-refractivity contribution in [3.05, 3.63) is 59.2 Å². The standard InChI is InChI=1S/C17H19NO/c1-12-3-9-17-14(11-12)6-10-16(18-17)13-4-7-15(19-2)8-5-13/h3-5,7-9,11,16,18H,6,10H2,1-2H3/t16-/m0/s1. The number of benzene rings is 2. The van der Waals surface area contributed by atoms with Crippen molar-refractivity contribution in [2.45, 2.75) is 25.8 Å². The van der Waals surface area contributed by atoms with Crippen LogP contribution >= 0.6 is 0 Å². The third-order valence-corrected chi connectivity index (χ3v) is 3.81. The van der Waals surface area contributed by atoms with Crippen molar-refractivity contribution >= 4 is 5.69 Å². The monoisotopic (exact) mass is 253 g/mol. The number of ether oxygens (including phenoxy) is 1. The largest absolute Gasteiger partial charge is 0.497 e. The number of anilines is 1. The van der Waals surface area contributed by atoms with Crippen LogP contribution < -0.4 is 10.1 Å². The smallest absolute Gasteiger partial charge is 0.118 e. The first-order valence-electron chi connectivity index (χ1n) is 6.76. The highest BCUT2D eigenvalue weighted by Crippen LogP contribution is 2.33. The van der Waals surface area contributed by atoms with Crippen LogP contribution in [0.5, 0.6) is 5.75 Å². The van der Waals surface area contributed by atoms with Crippen LogP contribution in [0.15, 0.2) is 42.5 Å². The fourth-order valence-electron chi connectivity index (χ4n) is 2.72. The molecule has 0 radical (unpaired) electrons. The van der Waals surface area contributed by atoms with Gasteiger partial charge in [0.2, 0.25) is 0 Å². The Morgan fingerprint density at radius 1 is 1.11 bits per heavy atom. The summed E-state index contributed by atoms with van der Waals surface area (Å²) < 4.78 is 5.21. The van der Waals surface area contributed by atoms with Crippen molar-refractivity contribution in [2.75, 3.05) is 12.4 Å². The van der Waals surface area contributed by atoms with E-state index in [1.807, 2.05) is 12.1 Å². The number of fused-ring (bicyclic) bond motifs is 1. The average Bonchev–Trinajstić information content (AvgIpc) is 2.47. The van der Waals surface area contributed by atoms with E-state index < -0.39 is 0 Å². The molecule has 0 bridgehead atoms. The Hall–Kier alpha value is -1.96. The molecule has 1 aliphatic rings. The highest BCUT2D eigenvalue weighted by molar-refractivity contribution is 5.56. The summed E-state index contributed by atoms with van der Waals surface area (Å²) >= 11 is 0. The SMILES string of the molecule is COc1ccc([C@@H]2CCc3cc(C)ccc3N2)cc1. The highest BCUT2D eigenvalue weighted by atomic mass is 16.5. The van der Waals surface area contributed by atoms with Gasteiger partial charge in [0.25, 0.3) is 0 Å². The molecule has 19 heavy (non-hydrogen) atoms. The topological polar surface area (TPSA) is 21.3 Å². The van der Waals surface area contributed by atoms with Crippen LogP contribution in [0.4, 0.5) is 5.69 Å². The maximum atomic E-state index is 5.21. The van der Waals surface area contributed by atoms with E-state index >= 15 is 0 Å². The Morgan fingerprint density at radius 2 is 1.89 bits per heavy atom. The molecule has 0 fully saturated rings. The summed E-state index contributed by atoms with van der Waals surface area (Å²) in [5.41, 5.74) is 5.37. The first kappa shape index (κ1) is 12.1. The average molecular weight is 253 g/mol. The van der Waals surface area contributed by atoms with E-state index in [-0.39, 0.29) is 0 Å². The number of methoxy groups -OCH3 is 1. The zero-order valence-electron chi connectivity index (χ0n) is 11.4. The van der Waals surface area contributed by atoms with Crippen LogP contribution in [0.2, 0.25) is 0 Å². The molecular weight excluding hydrogens is 234 g/mol. The summed E-state index contributed by atoms with van der Waals surface area (Å²) in [6.07, 6.45) is 2.28. The lowest BCUT2D eigenvalue weighted by atomic mass is 9.92. The summed E-state index contributed by atoms with van der Waals surface area (Å²) in [5, 5.41) is 3.64. The van der Waals surface area contributed by atoms with E-state index in [1.165, 1.54) is 22.4 Å². The molecule has 0 aliphatic carbocycles. The van der Waals surface area contributed by atoms with Gasteiger partial charge in [-0.05, 0) is 49.1 Å². The Kier molecular flexibility index (Phi) is 3.16. The normalized spacial score (nSPS) is 17.5. The van der Waals surface area contributed by atoms with Gasteiger partial charge in [-0.15, -0.1) is 0 Å². The van der Waals surface area contributed by atoms with Gasteiger partial charge >= 0.3 is 0 Å². The minimum atomic E-state index is 0.404. The molecule has 1 atom stereocenters. The van der Waals surface area contributed by atoms with Gasteiger partial charge in [0.05, 0.1) is 13.2 Å². The van der Waals surface area contributed by atoms with Gasteiger partial charge in [-0.2, -0.15) is 0 Å². The van der Waals surface area contributed by atoms with E-state index in [0.29, 0.717) is 6.04 Å². The lowest BCUT2D eigenvalue weighted by Crippen LogP contribution is -2.18. The Labute approximate surface area is 114 Å². The maximum absolute atomic E-state index is 5.21. The first-order valence-corrected chi connectivity index (χ1v) is 6.76. The third-order valence-electron chi connectivity index (χ3n) is 3.81. The molecule has 2 aromatic carbocycles. The molecule has 2 nitrogen and oxygen atoms in total. The molecule has 0 aromatic heterocycles. The van der Waals surface area contributed by atoms with Gasteiger partial charge < -0.3 is 10.1 Å². The molecule has 98 valence electrons. The lowest BCUT2D eigenvalue weighted by Gasteiger charge is -2.27. The third kappa shape index (κ3) is 2.43. The zero-order valence-corrected chi connectivity index (χ0v) is 11.4. The molecule has 0 saturated heterocycles. The van der Waals surface area contributed by atoms with E-state index in [1.54, 1.807) is 7.11 Å². The molecule has 0 unspecified atom stereocenters. The van der Waals surface area contributed by atoms with E-state index in [4.69, 9.17) is 4.74 Å². The van der Waals surface area contributed by atoms with Crippen molar-refractivity contribution in [3.8, 4) is 5.75 Å². The summed E-state index contributed by atoms with van der Waals surface area (Å²) in [6.45, 7) is 2.15. The second-order valence-corrected chi connectivity index (χ2v) is 5.17. The van der Waals surface area contributed by atoms with Crippen molar-refractivity contribution in [1.82, 2.24) is 0 Å². The number of hydrogen-bond acceptors (Lipinski definition) is 2. The van der Waals surface area contributed by atoms with Crippen molar-refractivity contribution < 1.29 is 4.74 Å². The predicted octanol–water partition coefficient (Wildman–Crippen LogP) is 4.10. The zero-order chi connectivity index (χ0) is 13.2. The predicted molar refractivity (Wildman–Crippen MR) is 78.9 cm³/mol. The minimum absolute atomic E-state index is 0.404. The molecule has 2 aromatic rings. The summed E-state index contributed by atoms with van der Waals surface area (Å²) in [4.78, 5) is 0. The van der Waals surface area contributed by atoms with E-state index in [9.17, 15) is 0 Å². The number of aryl methyl sites for hydroxylation is 2. The van der Waals surface area contributed by atoms with Crippen LogP contribution in [0.25, 0.3) is 0 Å². The van der Waals surface area contributed by atoms with Gasteiger partial charge in [0.15, 0.2) is 0 Å². The van der Waals surface area contributed by atoms with Gasteiger partial charge in [0, 0.05) is 5.69 Å². The van der Waals surface area contributed by atoms with Crippen LogP contribution in [-0.2, 0) is 6.42 Å². The van der Waals surface area contributed by atoms with Gasteiger partial charge in [-0.25, -0.2) is 0 Å². The summed E-state index contributed by atoms with van der Waals surface area (Å²) in [5.74, 6) is 0.913. The Morgan fingerprint density at radius 3 is 2.63 bits per heavy atom. The molecule has 1 N–H and O–H groups in total. The molecule has 1 heterocycles. The lowest BCUT2D eigenvalue weighted by molar-refractivity contribution is 0.414. The molecule has 0 amide bonds. The van der Waals surface area contributed by atoms with E-state index in [0.717, 1.165) is 18.6 Å². The van der Waals surface area contributed by atoms with Crippen molar-refractivity contribution in [1.29, 1.82) is 0 Å². The van der Waals surface area contributed by atoms with Crippen LogP contribution in [-0.4, -0.2) is 7.11 Å². The van der Waals surface area contributed by atoms with Gasteiger partial charge in [-0.1, -0.05) is 29.8 Å². The first-order chi connectivity index (χ1) is 9.26. The Balaban J connectivity index is 1.82. The fraction of sp³-hybridized carbons (Fsp3) is 0.294. The molecule has 2 heteroatoms. The summed E-state index contributed by atoms with van der Waals surface area (Å²) in [7, 11) is 1.70. The van der Waals surface area contributed by atoms with Crippen molar-refractivity contribution in [3.63, 3.8) is 0 Å². The maximum Gasteiger partial charge on any atom is 0.118 e. The molecular formula is C17H19NO. The molecule has 1 aliphatic heterocycles. The quantitative estimate of drug-likeness (QED) is 0.870. The molecule has 0 spiro atoms. The minimum Gasteiger partial charge on any atom is -0.497 e. The molecule has 3 rings (SSSR count). The van der Waals surface area contributed by atoms with Crippen LogP contribution in [0.3, 0.4) is 0 Å². The summed E-state index contributed by atoms with van der Waals surface area (Å²) in [6, 6.07) is 15.4. The van der Waals surface area contributed by atoms with Crippen LogP contribution in [0.1, 0.15) is 29.2 Å². The van der Waals surface area contributed by atoms with Crippen molar-refractivity contribution in [2.24, 2.45) is 0 Å². The highest BCUT2D eigenvalue weighted by Gasteiger charge is 2.18. The number of hydrogen-bond donors (Lipinski definition) is 1. The molecule has 0 saturated carbocycles. The van der Waals surface area contributed by atoms with Gasteiger partial charge in [0.1, 0.15) is 5.75 Å². The van der Waals surface area contributed by atoms with Crippen LogP contribution in [0, 0.1) is 6.92 Å². The fourth-order valence-corrected chi connectivity index (χ4v) is 2.72. The second kappa shape index (κ2) is 4.96. The second-order valence-electron chi connectivity index (χ2n) is 5.17. The number of rotatable bonds is 2. The number of nitrogens with one attached hydrogen (secondary N) is 1. The Bertz CT molecular complexity index is 574. The van der Waals surface area contributed by atoms with Gasteiger partial charge in [-0.3, -0.25) is 0 Å².